The van der Waals surface area contributed by atoms with Crippen LogP contribution in [0.4, 0.5) is 4.39 Å². The Morgan fingerprint density at radius 1 is 1.35 bits per heavy atom. The molecule has 0 bridgehead atoms. The summed E-state index contributed by atoms with van der Waals surface area (Å²) in [7, 11) is 3.50. The number of aliphatic imine (C=N–C) groups is 1. The van der Waals surface area contributed by atoms with Crippen LogP contribution in [-0.4, -0.2) is 27.8 Å². The van der Waals surface area contributed by atoms with Crippen molar-refractivity contribution in [2.24, 2.45) is 12.0 Å². The van der Waals surface area contributed by atoms with Crippen LogP contribution in [-0.2, 0) is 20.1 Å². The molecule has 6 nitrogen and oxygen atoms in total. The highest BCUT2D eigenvalue weighted by atomic mass is 19.1. The van der Waals surface area contributed by atoms with Gasteiger partial charge in [-0.3, -0.25) is 9.67 Å². The Kier molecular flexibility index (Phi) is 4.65. The molecule has 0 unspecified atom stereocenters. The van der Waals surface area contributed by atoms with E-state index in [9.17, 15) is 4.39 Å². The van der Waals surface area contributed by atoms with Gasteiger partial charge in [-0.1, -0.05) is 12.1 Å². The quantitative estimate of drug-likeness (QED) is 0.641. The molecule has 7 heteroatoms. The zero-order valence-electron chi connectivity index (χ0n) is 11.5. The molecule has 2 N–H and O–H groups in total. The summed E-state index contributed by atoms with van der Waals surface area (Å²) in [5, 5.41) is 10.2. The van der Waals surface area contributed by atoms with Gasteiger partial charge in [-0.25, -0.2) is 9.37 Å². The number of guanidine groups is 1. The SMILES string of the molecule is CN=C(NCc1cccc(F)c1)NCc1ncnn1C. The van der Waals surface area contributed by atoms with E-state index in [1.54, 1.807) is 17.8 Å². The number of rotatable bonds is 4. The van der Waals surface area contributed by atoms with E-state index in [1.165, 1.54) is 18.5 Å². The van der Waals surface area contributed by atoms with Gasteiger partial charge in [-0.15, -0.1) is 0 Å². The molecule has 2 aromatic rings. The molecule has 106 valence electrons. The molecular weight excluding hydrogens is 259 g/mol. The van der Waals surface area contributed by atoms with E-state index in [-0.39, 0.29) is 5.82 Å². The van der Waals surface area contributed by atoms with Crippen LogP contribution in [0.1, 0.15) is 11.4 Å². The van der Waals surface area contributed by atoms with E-state index < -0.39 is 0 Å². The first-order valence-corrected chi connectivity index (χ1v) is 6.21. The highest BCUT2D eigenvalue weighted by Gasteiger charge is 2.03. The molecule has 0 radical (unpaired) electrons. The van der Waals surface area contributed by atoms with E-state index >= 15 is 0 Å². The molecule has 0 aliphatic heterocycles. The summed E-state index contributed by atoms with van der Waals surface area (Å²) in [5.41, 5.74) is 0.853. The summed E-state index contributed by atoms with van der Waals surface area (Å²) >= 11 is 0. The minimum absolute atomic E-state index is 0.244. The first kappa shape index (κ1) is 14.0. The summed E-state index contributed by atoms with van der Waals surface area (Å²) in [5.74, 6) is 1.18. The van der Waals surface area contributed by atoms with Crippen molar-refractivity contribution < 1.29 is 4.39 Å². The lowest BCUT2D eigenvalue weighted by Crippen LogP contribution is -2.36. The predicted molar refractivity (Wildman–Crippen MR) is 74.4 cm³/mol. The van der Waals surface area contributed by atoms with Crippen LogP contribution in [0.15, 0.2) is 35.6 Å². The maximum atomic E-state index is 13.1. The molecule has 1 heterocycles. The molecule has 0 saturated carbocycles. The first-order chi connectivity index (χ1) is 9.69. The van der Waals surface area contributed by atoms with Crippen molar-refractivity contribution in [2.45, 2.75) is 13.1 Å². The monoisotopic (exact) mass is 276 g/mol. The number of nitrogens with zero attached hydrogens (tertiary/aromatic N) is 4. The topological polar surface area (TPSA) is 67.1 Å². The summed E-state index contributed by atoms with van der Waals surface area (Å²) in [6, 6.07) is 6.45. The zero-order chi connectivity index (χ0) is 14.4. The minimum atomic E-state index is -0.244. The fourth-order valence-corrected chi connectivity index (χ4v) is 1.70. The predicted octanol–water partition coefficient (Wildman–Crippen LogP) is 0.819. The number of halogens is 1. The fraction of sp³-hybridized carbons (Fsp3) is 0.308. The smallest absolute Gasteiger partial charge is 0.191 e. The van der Waals surface area contributed by atoms with Crippen LogP contribution in [0.5, 0.6) is 0 Å². The van der Waals surface area contributed by atoms with Gasteiger partial charge in [-0.05, 0) is 17.7 Å². The van der Waals surface area contributed by atoms with Crippen molar-refractivity contribution in [3.63, 3.8) is 0 Å². The Morgan fingerprint density at radius 3 is 2.80 bits per heavy atom. The molecule has 0 spiro atoms. The van der Waals surface area contributed by atoms with Crippen LogP contribution < -0.4 is 10.6 Å². The van der Waals surface area contributed by atoms with Gasteiger partial charge in [0.25, 0.3) is 0 Å². The van der Waals surface area contributed by atoms with E-state index in [4.69, 9.17) is 0 Å². The summed E-state index contributed by atoms with van der Waals surface area (Å²) in [6.07, 6.45) is 1.50. The highest BCUT2D eigenvalue weighted by molar-refractivity contribution is 5.79. The largest absolute Gasteiger partial charge is 0.352 e. The standard InChI is InChI=1S/C13H17FN6/c1-15-13(17-8-12-18-9-19-20(12)2)16-7-10-4-3-5-11(14)6-10/h3-6,9H,7-8H2,1-2H3,(H2,15,16,17). The van der Waals surface area contributed by atoms with E-state index in [2.05, 4.69) is 25.7 Å². The molecule has 0 fully saturated rings. The first-order valence-electron chi connectivity index (χ1n) is 6.21. The molecule has 2 rings (SSSR count). The Balaban J connectivity index is 1.85. The Labute approximate surface area is 116 Å². The van der Waals surface area contributed by atoms with Gasteiger partial charge in [-0.2, -0.15) is 5.10 Å². The average molecular weight is 276 g/mol. The zero-order valence-corrected chi connectivity index (χ0v) is 11.5. The van der Waals surface area contributed by atoms with Gasteiger partial charge in [0.05, 0.1) is 6.54 Å². The van der Waals surface area contributed by atoms with Crippen molar-refractivity contribution >= 4 is 5.96 Å². The molecule has 1 aromatic heterocycles. The number of hydrogen-bond acceptors (Lipinski definition) is 3. The molecule has 0 amide bonds. The van der Waals surface area contributed by atoms with Crippen LogP contribution in [0.3, 0.4) is 0 Å². The third-order valence-corrected chi connectivity index (χ3v) is 2.79. The minimum Gasteiger partial charge on any atom is -0.352 e. The number of hydrogen-bond donors (Lipinski definition) is 2. The van der Waals surface area contributed by atoms with E-state index in [0.29, 0.717) is 19.0 Å². The van der Waals surface area contributed by atoms with Crippen molar-refractivity contribution in [1.29, 1.82) is 0 Å². The number of nitrogens with one attached hydrogen (secondary N) is 2. The molecule has 0 aliphatic carbocycles. The second kappa shape index (κ2) is 6.65. The molecular formula is C13H17FN6. The summed E-state index contributed by atoms with van der Waals surface area (Å²) in [4.78, 5) is 8.21. The highest BCUT2D eigenvalue weighted by Crippen LogP contribution is 2.02. The van der Waals surface area contributed by atoms with Gasteiger partial charge in [0.1, 0.15) is 18.0 Å². The summed E-state index contributed by atoms with van der Waals surface area (Å²) < 4.78 is 14.7. The van der Waals surface area contributed by atoms with Crippen LogP contribution in [0.2, 0.25) is 0 Å². The third kappa shape index (κ3) is 3.78. The number of aryl methyl sites for hydroxylation is 1. The molecule has 20 heavy (non-hydrogen) atoms. The van der Waals surface area contributed by atoms with Gasteiger partial charge in [0, 0.05) is 20.6 Å². The fourth-order valence-electron chi connectivity index (χ4n) is 1.70. The number of benzene rings is 1. The molecule has 0 atom stereocenters. The lowest BCUT2D eigenvalue weighted by molar-refractivity contribution is 0.624. The van der Waals surface area contributed by atoms with Crippen LogP contribution in [0.25, 0.3) is 0 Å². The normalized spacial score (nSPS) is 11.4. The third-order valence-electron chi connectivity index (χ3n) is 2.79. The maximum absolute atomic E-state index is 13.1. The molecule has 1 aromatic carbocycles. The van der Waals surface area contributed by atoms with Crippen molar-refractivity contribution in [3.05, 3.63) is 47.8 Å². The van der Waals surface area contributed by atoms with Gasteiger partial charge < -0.3 is 10.6 Å². The number of aromatic nitrogens is 3. The molecule has 0 saturated heterocycles. The van der Waals surface area contributed by atoms with Crippen LogP contribution in [0, 0.1) is 5.82 Å². The van der Waals surface area contributed by atoms with E-state index in [0.717, 1.165) is 11.4 Å². The Morgan fingerprint density at radius 2 is 2.15 bits per heavy atom. The van der Waals surface area contributed by atoms with Crippen molar-refractivity contribution in [2.75, 3.05) is 7.05 Å². The van der Waals surface area contributed by atoms with Crippen LogP contribution >= 0.6 is 0 Å². The Hall–Kier alpha value is -2.44. The Bertz CT molecular complexity index is 592. The average Bonchev–Trinajstić information content (AvgIpc) is 2.85. The van der Waals surface area contributed by atoms with Gasteiger partial charge in [0.2, 0.25) is 0 Å². The van der Waals surface area contributed by atoms with Gasteiger partial charge in [0.15, 0.2) is 5.96 Å². The van der Waals surface area contributed by atoms with Crippen molar-refractivity contribution in [1.82, 2.24) is 25.4 Å². The maximum Gasteiger partial charge on any atom is 0.191 e. The lowest BCUT2D eigenvalue weighted by Gasteiger charge is -2.11. The molecule has 0 aliphatic rings. The summed E-state index contributed by atoms with van der Waals surface area (Å²) in [6.45, 7) is 1.01. The lowest BCUT2D eigenvalue weighted by atomic mass is 10.2. The van der Waals surface area contributed by atoms with Gasteiger partial charge >= 0.3 is 0 Å². The van der Waals surface area contributed by atoms with Crippen molar-refractivity contribution in [3.8, 4) is 0 Å². The second-order valence-electron chi connectivity index (χ2n) is 4.21. The van der Waals surface area contributed by atoms with E-state index in [1.807, 2.05) is 13.1 Å². The second-order valence-corrected chi connectivity index (χ2v) is 4.21.